The zero-order valence-corrected chi connectivity index (χ0v) is 33.1. The zero-order chi connectivity index (χ0) is 37.5. The minimum absolute atomic E-state index is 0.0138. The molecule has 1 N–H and O–H groups in total. The monoisotopic (exact) mass is 734 g/mol. The van der Waals surface area contributed by atoms with Crippen LogP contribution in [0.4, 0.5) is 0 Å². The second-order valence-corrected chi connectivity index (χ2v) is 14.0. The molecule has 0 bridgehead atoms. The summed E-state index contributed by atoms with van der Waals surface area (Å²) < 4.78 is 32.5. The van der Waals surface area contributed by atoms with Gasteiger partial charge in [-0.15, -0.1) is 0 Å². The summed E-state index contributed by atoms with van der Waals surface area (Å²) in [6, 6.07) is 0. The molecule has 0 radical (unpaired) electrons. The molecule has 8 nitrogen and oxygen atoms in total. The van der Waals surface area contributed by atoms with Crippen LogP contribution in [-0.4, -0.2) is 42.8 Å². The van der Waals surface area contributed by atoms with Crippen LogP contribution in [0.5, 0.6) is 0 Å². The molecule has 0 heterocycles. The molecule has 0 saturated heterocycles. The van der Waals surface area contributed by atoms with Crippen molar-refractivity contribution in [2.45, 2.75) is 162 Å². The normalized spacial score (nSPS) is 14.2. The number of ether oxygens (including phenoxy) is 2. The first kappa shape index (κ1) is 48.5. The predicted molar refractivity (Wildman–Crippen MR) is 211 cm³/mol. The topological polar surface area (TPSA) is 108 Å². The molecule has 0 aliphatic carbocycles. The third-order valence-electron chi connectivity index (χ3n) is 7.75. The highest BCUT2D eigenvalue weighted by Gasteiger charge is 2.25. The molecule has 0 saturated carbocycles. The standard InChI is InChI=1S/C42H71O8P/c1-4-7-9-11-13-15-17-19-21-23-24-26-28-30-32-34-36-41(43)47-38-40(39-49-51(45,46)48-6-3)50-42(44)37-35-33-31-29-27-25-22-20-18-16-14-12-10-8-5-2/h8,10,14-17,20-23,27,29,40H,4-7,9,11-13,18-19,24-26,28,30-39H2,1-3H3,(H,45,46)/b10-8-,16-14-,17-15-,22-20-,23-21-,29-27-. The highest BCUT2D eigenvalue weighted by molar-refractivity contribution is 7.47. The number of hydrogen-bond donors (Lipinski definition) is 1. The maximum Gasteiger partial charge on any atom is 0.472 e. The van der Waals surface area contributed by atoms with Gasteiger partial charge in [0, 0.05) is 12.8 Å². The number of carbonyl (C=O) groups is 2. The molecule has 51 heavy (non-hydrogen) atoms. The van der Waals surface area contributed by atoms with Gasteiger partial charge in [0.15, 0.2) is 6.10 Å². The number of rotatable bonds is 35. The fourth-order valence-corrected chi connectivity index (χ4v) is 5.64. The molecule has 0 aliphatic rings. The lowest BCUT2D eigenvalue weighted by Gasteiger charge is -2.19. The van der Waals surface area contributed by atoms with E-state index in [1.54, 1.807) is 6.92 Å². The van der Waals surface area contributed by atoms with E-state index in [4.69, 9.17) is 18.5 Å². The SMILES string of the molecule is CC/C=C\C/C=C\C/C=C\C/C=C\CCCCC(=O)OC(COC(=O)CCCCCCC/C=C\C/C=C\CCCCCC)COP(=O)(O)OCC. The van der Waals surface area contributed by atoms with Crippen LogP contribution in [0.25, 0.3) is 0 Å². The summed E-state index contributed by atoms with van der Waals surface area (Å²) in [6.45, 7) is 5.25. The van der Waals surface area contributed by atoms with Gasteiger partial charge in [-0.05, 0) is 90.4 Å². The minimum atomic E-state index is -4.30. The Labute approximate surface area is 311 Å². The molecule has 0 aromatic carbocycles. The maximum absolute atomic E-state index is 12.5. The van der Waals surface area contributed by atoms with Gasteiger partial charge in [-0.2, -0.15) is 0 Å². The fourth-order valence-electron chi connectivity index (χ4n) is 4.88. The van der Waals surface area contributed by atoms with Gasteiger partial charge in [-0.1, -0.05) is 125 Å². The Morgan fingerprint density at radius 3 is 1.55 bits per heavy atom. The molecule has 0 aromatic rings. The lowest BCUT2D eigenvalue weighted by Crippen LogP contribution is -2.29. The highest BCUT2D eigenvalue weighted by atomic mass is 31.2. The molecule has 2 unspecified atom stereocenters. The molecule has 0 spiro atoms. The molecular weight excluding hydrogens is 663 g/mol. The lowest BCUT2D eigenvalue weighted by atomic mass is 10.1. The molecule has 9 heteroatoms. The Morgan fingerprint density at radius 2 is 1.00 bits per heavy atom. The van der Waals surface area contributed by atoms with Crippen LogP contribution in [0, 0.1) is 0 Å². The second kappa shape index (κ2) is 37.3. The predicted octanol–water partition coefficient (Wildman–Crippen LogP) is 12.2. The number of allylic oxidation sites excluding steroid dienone is 12. The highest BCUT2D eigenvalue weighted by Crippen LogP contribution is 2.43. The van der Waals surface area contributed by atoms with Gasteiger partial charge >= 0.3 is 19.8 Å². The molecule has 292 valence electrons. The summed E-state index contributed by atoms with van der Waals surface area (Å²) in [5.41, 5.74) is 0. The van der Waals surface area contributed by atoms with Crippen molar-refractivity contribution in [2.24, 2.45) is 0 Å². The first-order chi connectivity index (χ1) is 24.8. The Kier molecular flexibility index (Phi) is 35.4. The number of carbonyl (C=O) groups excluding carboxylic acids is 2. The van der Waals surface area contributed by atoms with Gasteiger partial charge in [0.25, 0.3) is 0 Å². The van der Waals surface area contributed by atoms with Crippen LogP contribution in [0.15, 0.2) is 72.9 Å². The largest absolute Gasteiger partial charge is 0.472 e. The van der Waals surface area contributed by atoms with Crippen molar-refractivity contribution < 1.29 is 37.6 Å². The Hall–Kier alpha value is -2.51. The molecule has 0 amide bonds. The van der Waals surface area contributed by atoms with Crippen molar-refractivity contribution >= 4 is 19.8 Å². The summed E-state index contributed by atoms with van der Waals surface area (Å²) in [6.07, 6.45) is 45.3. The Balaban J connectivity index is 4.25. The van der Waals surface area contributed by atoms with E-state index < -0.39 is 32.5 Å². The van der Waals surface area contributed by atoms with Crippen LogP contribution in [0.2, 0.25) is 0 Å². The Bertz CT molecular complexity index is 1060. The van der Waals surface area contributed by atoms with Gasteiger partial charge in [0.1, 0.15) is 6.61 Å². The molecule has 2 atom stereocenters. The summed E-state index contributed by atoms with van der Waals surface area (Å²) in [4.78, 5) is 34.6. The first-order valence-electron chi connectivity index (χ1n) is 19.7. The van der Waals surface area contributed by atoms with Crippen molar-refractivity contribution in [2.75, 3.05) is 19.8 Å². The minimum Gasteiger partial charge on any atom is -0.462 e. The van der Waals surface area contributed by atoms with Crippen molar-refractivity contribution in [3.63, 3.8) is 0 Å². The van der Waals surface area contributed by atoms with E-state index in [-0.39, 0.29) is 26.1 Å². The number of unbranched alkanes of at least 4 members (excludes halogenated alkanes) is 11. The van der Waals surface area contributed by atoms with E-state index in [1.165, 1.54) is 32.1 Å². The maximum atomic E-state index is 12.5. The van der Waals surface area contributed by atoms with Crippen LogP contribution >= 0.6 is 7.82 Å². The summed E-state index contributed by atoms with van der Waals surface area (Å²) in [5, 5.41) is 0. The van der Waals surface area contributed by atoms with Gasteiger partial charge in [0.2, 0.25) is 0 Å². The summed E-state index contributed by atoms with van der Waals surface area (Å²) in [7, 11) is -4.30. The van der Waals surface area contributed by atoms with Gasteiger partial charge in [-0.25, -0.2) is 4.57 Å². The average molecular weight is 735 g/mol. The number of hydrogen-bond acceptors (Lipinski definition) is 7. The number of phosphoric ester groups is 1. The van der Waals surface area contributed by atoms with Crippen molar-refractivity contribution in [1.29, 1.82) is 0 Å². The van der Waals surface area contributed by atoms with E-state index in [9.17, 15) is 19.0 Å². The van der Waals surface area contributed by atoms with Crippen LogP contribution < -0.4 is 0 Å². The van der Waals surface area contributed by atoms with Crippen molar-refractivity contribution in [1.82, 2.24) is 0 Å². The molecule has 0 fully saturated rings. The fraction of sp³-hybridized carbons (Fsp3) is 0.667. The Morgan fingerprint density at radius 1 is 0.549 bits per heavy atom. The van der Waals surface area contributed by atoms with Gasteiger partial charge in [0.05, 0.1) is 13.2 Å². The van der Waals surface area contributed by atoms with E-state index >= 15 is 0 Å². The summed E-state index contributed by atoms with van der Waals surface area (Å²) >= 11 is 0. The van der Waals surface area contributed by atoms with Crippen molar-refractivity contribution in [3.8, 4) is 0 Å². The molecule has 0 aliphatic heterocycles. The van der Waals surface area contributed by atoms with Crippen LogP contribution in [0.3, 0.4) is 0 Å². The van der Waals surface area contributed by atoms with Gasteiger partial charge < -0.3 is 14.4 Å². The number of esters is 2. The van der Waals surface area contributed by atoms with E-state index in [2.05, 4.69) is 86.8 Å². The molecule has 0 aromatic heterocycles. The molecule has 0 rings (SSSR count). The van der Waals surface area contributed by atoms with E-state index in [1.807, 2.05) is 0 Å². The molecular formula is C42H71O8P. The van der Waals surface area contributed by atoms with E-state index in [0.717, 1.165) is 77.0 Å². The third-order valence-corrected chi connectivity index (χ3v) is 8.81. The lowest BCUT2D eigenvalue weighted by molar-refractivity contribution is -0.161. The van der Waals surface area contributed by atoms with Crippen molar-refractivity contribution in [3.05, 3.63) is 72.9 Å². The van der Waals surface area contributed by atoms with Crippen LogP contribution in [-0.2, 0) is 32.7 Å². The third kappa shape index (κ3) is 37.1. The first-order valence-corrected chi connectivity index (χ1v) is 21.2. The quantitative estimate of drug-likeness (QED) is 0.0297. The average Bonchev–Trinajstić information content (AvgIpc) is 3.10. The van der Waals surface area contributed by atoms with Crippen LogP contribution in [0.1, 0.15) is 156 Å². The van der Waals surface area contributed by atoms with Gasteiger partial charge in [-0.3, -0.25) is 18.6 Å². The zero-order valence-electron chi connectivity index (χ0n) is 32.2. The smallest absolute Gasteiger partial charge is 0.462 e. The van der Waals surface area contributed by atoms with E-state index in [0.29, 0.717) is 12.8 Å². The summed E-state index contributed by atoms with van der Waals surface area (Å²) in [5.74, 6) is -0.870. The second-order valence-electron chi connectivity index (χ2n) is 12.6. The number of phosphoric acid groups is 1.